The Bertz CT molecular complexity index is 794. The lowest BCUT2D eigenvalue weighted by Gasteiger charge is -2.46. The van der Waals surface area contributed by atoms with E-state index in [0.29, 0.717) is 17.8 Å². The van der Waals surface area contributed by atoms with Crippen LogP contribution in [-0.4, -0.2) is 42.7 Å². The summed E-state index contributed by atoms with van der Waals surface area (Å²) in [5, 5.41) is 3.00. The predicted octanol–water partition coefficient (Wildman–Crippen LogP) is 1.71. The second kappa shape index (κ2) is 7.79. The average molecular weight is 384 g/mol. The zero-order valence-corrected chi connectivity index (χ0v) is 16.1. The average Bonchev–Trinajstić information content (AvgIpc) is 3.20. The topological polar surface area (TPSA) is 118 Å². The van der Waals surface area contributed by atoms with Crippen LogP contribution in [0.4, 0.5) is 5.69 Å². The van der Waals surface area contributed by atoms with E-state index >= 15 is 0 Å². The van der Waals surface area contributed by atoms with Crippen molar-refractivity contribution in [3.63, 3.8) is 0 Å². The number of para-hydroxylation sites is 1. The van der Waals surface area contributed by atoms with Gasteiger partial charge in [-0.05, 0) is 50.7 Å². The molecule has 5 N–H and O–H groups in total. The van der Waals surface area contributed by atoms with Gasteiger partial charge in [0.2, 0.25) is 11.9 Å². The van der Waals surface area contributed by atoms with E-state index in [1.807, 2.05) is 29.2 Å². The van der Waals surface area contributed by atoms with Crippen LogP contribution in [0.25, 0.3) is 0 Å². The number of aliphatic imine (C=N–C) groups is 2. The standard InChI is InChI=1S/C20H28N6O2/c21-18-24-19(22)26(20(25-18)10-4-1-5-11-20)16-9-3-2-8-15(16)17(27)23-13-14-7-6-12-28-14/h2-3,8-9,14H,1,4-7,10-13H2,(H,23,27)(H4,21,22,24,25). The molecule has 1 saturated heterocycles. The lowest BCUT2D eigenvalue weighted by molar-refractivity contribution is 0.0858. The third-order valence-electron chi connectivity index (χ3n) is 5.76. The molecule has 150 valence electrons. The lowest BCUT2D eigenvalue weighted by atomic mass is 9.87. The number of rotatable bonds is 4. The molecular weight excluding hydrogens is 356 g/mol. The molecule has 28 heavy (non-hydrogen) atoms. The minimum atomic E-state index is -0.570. The number of carbonyl (C=O) groups is 1. The Morgan fingerprint density at radius 3 is 2.75 bits per heavy atom. The third kappa shape index (κ3) is 3.56. The number of anilines is 1. The molecule has 0 bridgehead atoms. The SMILES string of the molecule is NC1=NC2(CCCCC2)N(c2ccccc2C(=O)NCC2CCCO2)C(N)=N1. The molecule has 1 aromatic rings. The van der Waals surface area contributed by atoms with Crippen molar-refractivity contribution in [1.82, 2.24) is 5.32 Å². The third-order valence-corrected chi connectivity index (χ3v) is 5.76. The molecule has 0 radical (unpaired) electrons. The minimum Gasteiger partial charge on any atom is -0.376 e. The van der Waals surface area contributed by atoms with Crippen molar-refractivity contribution < 1.29 is 9.53 Å². The van der Waals surface area contributed by atoms with Gasteiger partial charge in [0.05, 0.1) is 17.4 Å². The van der Waals surface area contributed by atoms with E-state index < -0.39 is 5.66 Å². The molecule has 2 fully saturated rings. The molecule has 8 heteroatoms. The number of guanidine groups is 2. The van der Waals surface area contributed by atoms with Gasteiger partial charge in [0, 0.05) is 13.2 Å². The minimum absolute atomic E-state index is 0.0896. The first-order valence-electron chi connectivity index (χ1n) is 10.1. The second-order valence-corrected chi connectivity index (χ2v) is 7.68. The van der Waals surface area contributed by atoms with Crippen LogP contribution in [0.1, 0.15) is 55.3 Å². The summed E-state index contributed by atoms with van der Waals surface area (Å²) in [6, 6.07) is 7.47. The number of carbonyl (C=O) groups excluding carboxylic acids is 1. The van der Waals surface area contributed by atoms with E-state index in [-0.39, 0.29) is 23.9 Å². The van der Waals surface area contributed by atoms with Crippen molar-refractivity contribution in [2.24, 2.45) is 21.5 Å². The van der Waals surface area contributed by atoms with Gasteiger partial charge >= 0.3 is 0 Å². The maximum Gasteiger partial charge on any atom is 0.253 e. The zero-order chi connectivity index (χ0) is 19.6. The van der Waals surface area contributed by atoms with Crippen molar-refractivity contribution in [1.29, 1.82) is 0 Å². The van der Waals surface area contributed by atoms with Crippen LogP contribution in [0.3, 0.4) is 0 Å². The van der Waals surface area contributed by atoms with Crippen LogP contribution in [-0.2, 0) is 4.74 Å². The van der Waals surface area contributed by atoms with Gasteiger partial charge in [-0.3, -0.25) is 9.69 Å². The summed E-state index contributed by atoms with van der Waals surface area (Å²) in [6.45, 7) is 1.27. The number of benzene rings is 1. The normalized spacial score (nSPS) is 24.0. The van der Waals surface area contributed by atoms with Crippen molar-refractivity contribution >= 4 is 23.5 Å². The Labute approximate surface area is 165 Å². The molecule has 1 saturated carbocycles. The van der Waals surface area contributed by atoms with E-state index in [4.69, 9.17) is 21.2 Å². The second-order valence-electron chi connectivity index (χ2n) is 7.68. The summed E-state index contributed by atoms with van der Waals surface area (Å²) >= 11 is 0. The molecule has 1 aromatic carbocycles. The van der Waals surface area contributed by atoms with Gasteiger partial charge in [-0.15, -0.1) is 0 Å². The zero-order valence-electron chi connectivity index (χ0n) is 16.1. The Balaban J connectivity index is 1.64. The molecule has 1 spiro atoms. The van der Waals surface area contributed by atoms with Crippen LogP contribution in [0, 0.1) is 0 Å². The molecule has 8 nitrogen and oxygen atoms in total. The van der Waals surface area contributed by atoms with Gasteiger partial charge in [-0.2, -0.15) is 4.99 Å². The summed E-state index contributed by atoms with van der Waals surface area (Å²) in [5.41, 5.74) is 13.0. The largest absolute Gasteiger partial charge is 0.376 e. The van der Waals surface area contributed by atoms with Gasteiger partial charge in [0.1, 0.15) is 5.66 Å². The van der Waals surface area contributed by atoms with Crippen molar-refractivity contribution in [3.8, 4) is 0 Å². The highest BCUT2D eigenvalue weighted by molar-refractivity contribution is 6.10. The Kier molecular flexibility index (Phi) is 5.21. The van der Waals surface area contributed by atoms with E-state index in [1.165, 1.54) is 0 Å². The molecule has 1 unspecified atom stereocenters. The molecule has 1 amide bonds. The molecule has 2 aliphatic heterocycles. The maximum absolute atomic E-state index is 13.0. The molecule has 0 aromatic heterocycles. The summed E-state index contributed by atoms with van der Waals surface area (Å²) in [7, 11) is 0. The highest BCUT2D eigenvalue weighted by Gasteiger charge is 2.43. The van der Waals surface area contributed by atoms with Crippen LogP contribution >= 0.6 is 0 Å². The maximum atomic E-state index is 13.0. The predicted molar refractivity (Wildman–Crippen MR) is 109 cm³/mol. The van der Waals surface area contributed by atoms with Gasteiger partial charge in [-0.1, -0.05) is 18.6 Å². The number of hydrogen-bond donors (Lipinski definition) is 3. The lowest BCUT2D eigenvalue weighted by Crippen LogP contribution is -2.58. The van der Waals surface area contributed by atoms with Crippen molar-refractivity contribution in [2.75, 3.05) is 18.1 Å². The Morgan fingerprint density at radius 1 is 1.21 bits per heavy atom. The number of nitrogens with zero attached hydrogens (tertiary/aromatic N) is 3. The van der Waals surface area contributed by atoms with Crippen LogP contribution < -0.4 is 21.7 Å². The van der Waals surface area contributed by atoms with Gasteiger partial charge in [0.25, 0.3) is 5.91 Å². The fourth-order valence-corrected chi connectivity index (χ4v) is 4.44. The summed E-state index contributed by atoms with van der Waals surface area (Å²) in [5.74, 6) is 0.345. The molecule has 1 aliphatic carbocycles. The fraction of sp³-hybridized carbons (Fsp3) is 0.550. The molecule has 1 atom stereocenters. The first kappa shape index (κ1) is 18.7. The number of ether oxygens (including phenoxy) is 1. The van der Waals surface area contributed by atoms with Crippen LogP contribution in [0.5, 0.6) is 0 Å². The molecule has 3 aliphatic rings. The van der Waals surface area contributed by atoms with E-state index in [1.54, 1.807) is 0 Å². The summed E-state index contributed by atoms with van der Waals surface area (Å²) in [6.07, 6.45) is 7.00. The monoisotopic (exact) mass is 384 g/mol. The number of hydrogen-bond acceptors (Lipinski definition) is 7. The van der Waals surface area contributed by atoms with E-state index in [9.17, 15) is 4.79 Å². The Morgan fingerprint density at radius 2 is 2.00 bits per heavy atom. The molecular formula is C20H28N6O2. The number of nitrogens with two attached hydrogens (primary N) is 2. The smallest absolute Gasteiger partial charge is 0.253 e. The first-order valence-corrected chi connectivity index (χ1v) is 10.1. The van der Waals surface area contributed by atoms with Gasteiger partial charge in [-0.25, -0.2) is 4.99 Å². The first-order chi connectivity index (χ1) is 13.6. The van der Waals surface area contributed by atoms with Crippen molar-refractivity contribution in [3.05, 3.63) is 29.8 Å². The number of amides is 1. The summed E-state index contributed by atoms with van der Waals surface area (Å²) in [4.78, 5) is 23.8. The van der Waals surface area contributed by atoms with Crippen LogP contribution in [0.2, 0.25) is 0 Å². The molecule has 4 rings (SSSR count). The highest BCUT2D eigenvalue weighted by Crippen LogP contribution is 2.40. The Hall–Kier alpha value is -2.61. The van der Waals surface area contributed by atoms with Gasteiger partial charge < -0.3 is 21.5 Å². The van der Waals surface area contributed by atoms with Crippen LogP contribution in [0.15, 0.2) is 34.3 Å². The highest BCUT2D eigenvalue weighted by atomic mass is 16.5. The van der Waals surface area contributed by atoms with Gasteiger partial charge in [0.15, 0.2) is 0 Å². The van der Waals surface area contributed by atoms with Crippen molar-refractivity contribution in [2.45, 2.75) is 56.7 Å². The quantitative estimate of drug-likeness (QED) is 0.730. The number of nitrogens with one attached hydrogen (secondary N) is 1. The van der Waals surface area contributed by atoms with E-state index in [2.05, 4.69) is 10.3 Å². The fourth-order valence-electron chi connectivity index (χ4n) is 4.44. The molecule has 2 heterocycles. The summed E-state index contributed by atoms with van der Waals surface area (Å²) < 4.78 is 5.61. The van der Waals surface area contributed by atoms with E-state index in [0.717, 1.165) is 51.6 Å².